The van der Waals surface area contributed by atoms with Gasteiger partial charge in [-0.2, -0.15) is 0 Å². The normalized spacial score (nSPS) is 30.4. The number of carbonyl (C=O) groups is 1. The number of carbonyl (C=O) groups excluding carboxylic acids is 1. The van der Waals surface area contributed by atoms with E-state index in [-0.39, 0.29) is 5.54 Å². The van der Waals surface area contributed by atoms with E-state index in [9.17, 15) is 4.79 Å². The standard InChI is InChI=1S/C6H12N2O2/c1-6(2)3-10-5(8-6)4(7)9/h5,8H,3H2,1-2H3,(H2,7,9). The third-order valence-corrected chi connectivity index (χ3v) is 1.39. The summed E-state index contributed by atoms with van der Waals surface area (Å²) in [4.78, 5) is 10.5. The topological polar surface area (TPSA) is 64.3 Å². The maximum absolute atomic E-state index is 10.5. The van der Waals surface area contributed by atoms with Crippen LogP contribution in [0.2, 0.25) is 0 Å². The first-order valence-electron chi connectivity index (χ1n) is 3.20. The Morgan fingerprint density at radius 3 is 2.60 bits per heavy atom. The third-order valence-electron chi connectivity index (χ3n) is 1.39. The lowest BCUT2D eigenvalue weighted by atomic mass is 10.1. The molecule has 10 heavy (non-hydrogen) atoms. The highest BCUT2D eigenvalue weighted by Gasteiger charge is 2.33. The van der Waals surface area contributed by atoms with Crippen LogP contribution in [0.4, 0.5) is 0 Å². The van der Waals surface area contributed by atoms with Crippen LogP contribution in [-0.2, 0) is 9.53 Å². The number of amides is 1. The van der Waals surface area contributed by atoms with Crippen LogP contribution in [0.1, 0.15) is 13.8 Å². The largest absolute Gasteiger partial charge is 0.366 e. The van der Waals surface area contributed by atoms with Crippen molar-refractivity contribution in [1.82, 2.24) is 5.32 Å². The van der Waals surface area contributed by atoms with Gasteiger partial charge in [-0.05, 0) is 13.8 Å². The van der Waals surface area contributed by atoms with Crippen molar-refractivity contribution in [2.24, 2.45) is 5.73 Å². The van der Waals surface area contributed by atoms with E-state index in [0.29, 0.717) is 6.61 Å². The van der Waals surface area contributed by atoms with Gasteiger partial charge in [0.05, 0.1) is 6.61 Å². The molecule has 1 aliphatic heterocycles. The maximum atomic E-state index is 10.5. The predicted molar refractivity (Wildman–Crippen MR) is 36.1 cm³/mol. The molecule has 0 aromatic heterocycles. The highest BCUT2D eigenvalue weighted by molar-refractivity contribution is 5.78. The lowest BCUT2D eigenvalue weighted by molar-refractivity contribution is -0.127. The second-order valence-corrected chi connectivity index (χ2v) is 3.12. The van der Waals surface area contributed by atoms with Crippen molar-refractivity contribution in [2.75, 3.05) is 6.61 Å². The van der Waals surface area contributed by atoms with E-state index in [1.807, 2.05) is 13.8 Å². The van der Waals surface area contributed by atoms with Gasteiger partial charge in [-0.25, -0.2) is 0 Å². The Hall–Kier alpha value is -0.610. The van der Waals surface area contributed by atoms with Crippen molar-refractivity contribution < 1.29 is 9.53 Å². The van der Waals surface area contributed by atoms with Crippen LogP contribution in [0.5, 0.6) is 0 Å². The molecule has 1 saturated heterocycles. The molecule has 1 unspecified atom stereocenters. The molecular formula is C6H12N2O2. The quantitative estimate of drug-likeness (QED) is 0.506. The molecule has 0 aliphatic carbocycles. The highest BCUT2D eigenvalue weighted by atomic mass is 16.5. The molecular weight excluding hydrogens is 132 g/mol. The molecule has 0 aromatic rings. The Bertz CT molecular complexity index is 156. The Labute approximate surface area is 59.7 Å². The second-order valence-electron chi connectivity index (χ2n) is 3.12. The molecule has 1 atom stereocenters. The summed E-state index contributed by atoms with van der Waals surface area (Å²) in [6.07, 6.45) is -0.602. The number of hydrogen-bond acceptors (Lipinski definition) is 3. The first kappa shape index (κ1) is 7.50. The molecule has 1 heterocycles. The summed E-state index contributed by atoms with van der Waals surface area (Å²) in [5.41, 5.74) is 4.87. The van der Waals surface area contributed by atoms with Gasteiger partial charge in [0, 0.05) is 5.54 Å². The predicted octanol–water partition coefficient (Wildman–Crippen LogP) is -0.804. The summed E-state index contributed by atoms with van der Waals surface area (Å²) in [7, 11) is 0. The smallest absolute Gasteiger partial charge is 0.261 e. The van der Waals surface area contributed by atoms with Crippen molar-refractivity contribution >= 4 is 5.91 Å². The molecule has 1 rings (SSSR count). The van der Waals surface area contributed by atoms with E-state index in [2.05, 4.69) is 5.32 Å². The molecule has 0 radical (unpaired) electrons. The van der Waals surface area contributed by atoms with Gasteiger partial charge in [0.15, 0.2) is 6.23 Å². The number of primary amides is 1. The van der Waals surface area contributed by atoms with Crippen LogP contribution in [-0.4, -0.2) is 24.3 Å². The summed E-state index contributed by atoms with van der Waals surface area (Å²) in [6, 6.07) is 0. The maximum Gasteiger partial charge on any atom is 0.261 e. The van der Waals surface area contributed by atoms with Crippen LogP contribution in [0.3, 0.4) is 0 Å². The number of nitrogens with one attached hydrogen (secondary N) is 1. The van der Waals surface area contributed by atoms with E-state index in [1.165, 1.54) is 0 Å². The zero-order valence-corrected chi connectivity index (χ0v) is 6.18. The van der Waals surface area contributed by atoms with Crippen molar-refractivity contribution in [3.05, 3.63) is 0 Å². The summed E-state index contributed by atoms with van der Waals surface area (Å²) >= 11 is 0. The van der Waals surface area contributed by atoms with Gasteiger partial charge in [0.1, 0.15) is 0 Å². The van der Waals surface area contributed by atoms with Crippen molar-refractivity contribution in [3.8, 4) is 0 Å². The molecule has 4 nitrogen and oxygen atoms in total. The molecule has 1 amide bonds. The SMILES string of the molecule is CC1(C)COC(C(N)=O)N1. The molecule has 3 N–H and O–H groups in total. The molecule has 0 aromatic carbocycles. The highest BCUT2D eigenvalue weighted by Crippen LogP contribution is 2.12. The summed E-state index contributed by atoms with van der Waals surface area (Å²) < 4.78 is 5.04. The lowest BCUT2D eigenvalue weighted by Crippen LogP contribution is -2.44. The van der Waals surface area contributed by atoms with Crippen molar-refractivity contribution in [1.29, 1.82) is 0 Å². The minimum absolute atomic E-state index is 0.125. The number of ether oxygens (including phenoxy) is 1. The van der Waals surface area contributed by atoms with Gasteiger partial charge in [0.25, 0.3) is 5.91 Å². The van der Waals surface area contributed by atoms with Crippen LogP contribution >= 0.6 is 0 Å². The zero-order valence-electron chi connectivity index (χ0n) is 6.18. The van der Waals surface area contributed by atoms with Crippen LogP contribution in [0.15, 0.2) is 0 Å². The zero-order chi connectivity index (χ0) is 7.78. The molecule has 1 aliphatic rings. The average molecular weight is 144 g/mol. The van der Waals surface area contributed by atoms with E-state index < -0.39 is 12.1 Å². The van der Waals surface area contributed by atoms with Gasteiger partial charge >= 0.3 is 0 Å². The van der Waals surface area contributed by atoms with E-state index in [4.69, 9.17) is 10.5 Å². The third kappa shape index (κ3) is 1.46. The summed E-state index contributed by atoms with van der Waals surface area (Å²) in [5.74, 6) is -0.453. The fourth-order valence-electron chi connectivity index (χ4n) is 0.883. The molecule has 0 bridgehead atoms. The molecule has 0 saturated carbocycles. The Balaban J connectivity index is 2.51. The first-order valence-corrected chi connectivity index (χ1v) is 3.20. The minimum atomic E-state index is -0.602. The van der Waals surface area contributed by atoms with Crippen molar-refractivity contribution in [2.45, 2.75) is 25.6 Å². The van der Waals surface area contributed by atoms with E-state index in [1.54, 1.807) is 0 Å². The van der Waals surface area contributed by atoms with Crippen LogP contribution in [0.25, 0.3) is 0 Å². The fourth-order valence-corrected chi connectivity index (χ4v) is 0.883. The Kier molecular flexibility index (Phi) is 1.66. The monoisotopic (exact) mass is 144 g/mol. The van der Waals surface area contributed by atoms with Gasteiger partial charge in [-0.3, -0.25) is 10.1 Å². The van der Waals surface area contributed by atoms with Gasteiger partial charge < -0.3 is 10.5 Å². The Morgan fingerprint density at radius 2 is 2.40 bits per heavy atom. The molecule has 4 heteroatoms. The fraction of sp³-hybridized carbons (Fsp3) is 0.833. The molecule has 58 valence electrons. The Morgan fingerprint density at radius 1 is 1.80 bits per heavy atom. The summed E-state index contributed by atoms with van der Waals surface area (Å²) in [6.45, 7) is 4.44. The van der Waals surface area contributed by atoms with E-state index in [0.717, 1.165) is 0 Å². The first-order chi connectivity index (χ1) is 4.51. The van der Waals surface area contributed by atoms with E-state index >= 15 is 0 Å². The molecule has 0 spiro atoms. The average Bonchev–Trinajstić information content (AvgIpc) is 2.10. The van der Waals surface area contributed by atoms with Gasteiger partial charge in [-0.1, -0.05) is 0 Å². The van der Waals surface area contributed by atoms with Crippen LogP contribution < -0.4 is 11.1 Å². The number of nitrogens with two attached hydrogens (primary N) is 1. The second kappa shape index (κ2) is 2.21. The van der Waals surface area contributed by atoms with Crippen LogP contribution in [0, 0.1) is 0 Å². The minimum Gasteiger partial charge on any atom is -0.366 e. The molecule has 1 fully saturated rings. The van der Waals surface area contributed by atoms with Crippen molar-refractivity contribution in [3.63, 3.8) is 0 Å². The number of rotatable bonds is 1. The summed E-state index contributed by atoms with van der Waals surface area (Å²) in [5, 5.41) is 2.93. The van der Waals surface area contributed by atoms with Gasteiger partial charge in [0.2, 0.25) is 0 Å². The lowest BCUT2D eigenvalue weighted by Gasteiger charge is -2.14. The number of hydrogen-bond donors (Lipinski definition) is 2. The van der Waals surface area contributed by atoms with Gasteiger partial charge in [-0.15, -0.1) is 0 Å².